The fourth-order valence-corrected chi connectivity index (χ4v) is 5.74. The average molecular weight is 574 g/mol. The third-order valence-electron chi connectivity index (χ3n) is 7.98. The van der Waals surface area contributed by atoms with Crippen LogP contribution in [0.2, 0.25) is 0 Å². The first-order valence-electron chi connectivity index (χ1n) is 14.5. The molecule has 3 heterocycles. The molecule has 11 nitrogen and oxygen atoms in total. The van der Waals surface area contributed by atoms with Gasteiger partial charge in [-0.25, -0.2) is 0 Å². The molecule has 2 aliphatic heterocycles. The molecule has 0 aliphatic carbocycles. The SMILES string of the molecule is NCC(=O)N[C@H]1CN[C@H](C(=O)N2C[C@H](NC[C@H](O)CCc3ccccc3)C[C@H]2C(=O)Nc2cnc3ccccc3c2)C1. The molecule has 11 heteroatoms. The van der Waals surface area contributed by atoms with Crippen LogP contribution in [-0.4, -0.2) is 89.2 Å². The molecule has 2 fully saturated rings. The summed E-state index contributed by atoms with van der Waals surface area (Å²) in [7, 11) is 0. The number of hydrogen-bond donors (Lipinski definition) is 6. The summed E-state index contributed by atoms with van der Waals surface area (Å²) in [5.74, 6) is -0.752. The molecule has 0 unspecified atom stereocenters. The largest absolute Gasteiger partial charge is 0.392 e. The third-order valence-corrected chi connectivity index (χ3v) is 7.98. The molecule has 42 heavy (non-hydrogen) atoms. The molecule has 5 rings (SSSR count). The van der Waals surface area contributed by atoms with Crippen LogP contribution in [-0.2, 0) is 20.8 Å². The number of nitrogens with one attached hydrogen (secondary N) is 4. The van der Waals surface area contributed by atoms with Crippen LogP contribution in [0.3, 0.4) is 0 Å². The van der Waals surface area contributed by atoms with Crippen LogP contribution >= 0.6 is 0 Å². The molecule has 2 saturated heterocycles. The van der Waals surface area contributed by atoms with Gasteiger partial charge in [0.2, 0.25) is 17.7 Å². The number of benzene rings is 2. The number of aliphatic hydroxyl groups excluding tert-OH is 1. The van der Waals surface area contributed by atoms with E-state index in [1.54, 1.807) is 11.1 Å². The Hall–Kier alpha value is -3.90. The highest BCUT2D eigenvalue weighted by molar-refractivity contribution is 5.99. The molecule has 222 valence electrons. The van der Waals surface area contributed by atoms with Crippen LogP contribution in [0.5, 0.6) is 0 Å². The Morgan fingerprint density at radius 3 is 2.67 bits per heavy atom. The van der Waals surface area contributed by atoms with Crippen molar-refractivity contribution in [2.45, 2.75) is 56.0 Å². The van der Waals surface area contributed by atoms with Gasteiger partial charge in [0.1, 0.15) is 6.04 Å². The Morgan fingerprint density at radius 1 is 1.07 bits per heavy atom. The number of nitrogens with zero attached hydrogens (tertiary/aromatic N) is 2. The van der Waals surface area contributed by atoms with Gasteiger partial charge >= 0.3 is 0 Å². The molecule has 3 amide bonds. The van der Waals surface area contributed by atoms with Gasteiger partial charge in [0.15, 0.2) is 0 Å². The number of para-hydroxylation sites is 1. The summed E-state index contributed by atoms with van der Waals surface area (Å²) in [4.78, 5) is 45.1. The molecular weight excluding hydrogens is 534 g/mol. The lowest BCUT2D eigenvalue weighted by atomic mass is 10.1. The van der Waals surface area contributed by atoms with Crippen molar-refractivity contribution in [2.24, 2.45) is 5.73 Å². The molecular formula is C31H39N7O4. The lowest BCUT2D eigenvalue weighted by molar-refractivity contribution is -0.138. The van der Waals surface area contributed by atoms with Gasteiger partial charge in [0.05, 0.1) is 36.1 Å². The number of nitrogens with two attached hydrogens (primary N) is 1. The number of carbonyl (C=O) groups is 3. The van der Waals surface area contributed by atoms with Crippen molar-refractivity contribution in [1.82, 2.24) is 25.8 Å². The number of carbonyl (C=O) groups excluding carboxylic acids is 3. The highest BCUT2D eigenvalue weighted by Gasteiger charge is 2.43. The molecule has 5 atom stereocenters. The van der Waals surface area contributed by atoms with Crippen LogP contribution in [0.25, 0.3) is 10.9 Å². The van der Waals surface area contributed by atoms with Crippen LogP contribution in [0, 0.1) is 0 Å². The fraction of sp³-hybridized carbons (Fsp3) is 0.419. The summed E-state index contributed by atoms with van der Waals surface area (Å²) >= 11 is 0. The summed E-state index contributed by atoms with van der Waals surface area (Å²) in [5, 5.41) is 23.9. The van der Waals surface area contributed by atoms with Crippen molar-refractivity contribution in [2.75, 3.05) is 31.5 Å². The van der Waals surface area contributed by atoms with Gasteiger partial charge in [-0.1, -0.05) is 48.5 Å². The highest BCUT2D eigenvalue weighted by atomic mass is 16.3. The second-order valence-corrected chi connectivity index (χ2v) is 11.1. The molecule has 7 N–H and O–H groups in total. The summed E-state index contributed by atoms with van der Waals surface area (Å²) in [6.45, 7) is 1.02. The van der Waals surface area contributed by atoms with Gasteiger partial charge in [-0.2, -0.15) is 0 Å². The molecule has 2 aromatic carbocycles. The second kappa shape index (κ2) is 13.8. The lowest BCUT2D eigenvalue weighted by Gasteiger charge is -2.26. The third kappa shape index (κ3) is 7.48. The van der Waals surface area contributed by atoms with Gasteiger partial charge in [-0.3, -0.25) is 19.4 Å². The second-order valence-electron chi connectivity index (χ2n) is 11.1. The normalized spacial score (nSPS) is 22.7. The van der Waals surface area contributed by atoms with Crippen molar-refractivity contribution in [3.05, 3.63) is 72.4 Å². The highest BCUT2D eigenvalue weighted by Crippen LogP contribution is 2.24. The minimum atomic E-state index is -0.706. The number of aliphatic hydroxyl groups is 1. The van der Waals surface area contributed by atoms with Crippen LogP contribution < -0.4 is 27.0 Å². The summed E-state index contributed by atoms with van der Waals surface area (Å²) in [6.07, 6.45) is 3.24. The average Bonchev–Trinajstić information content (AvgIpc) is 3.66. The molecule has 0 saturated carbocycles. The van der Waals surface area contributed by atoms with Gasteiger partial charge < -0.3 is 37.0 Å². The molecule has 1 aromatic heterocycles. The zero-order chi connectivity index (χ0) is 29.5. The zero-order valence-corrected chi connectivity index (χ0v) is 23.5. The maximum atomic E-state index is 13.7. The summed E-state index contributed by atoms with van der Waals surface area (Å²) in [6, 6.07) is 17.9. The number of anilines is 1. The lowest BCUT2D eigenvalue weighted by Crippen LogP contribution is -2.50. The summed E-state index contributed by atoms with van der Waals surface area (Å²) in [5.41, 5.74) is 7.97. The maximum Gasteiger partial charge on any atom is 0.247 e. The molecule has 3 aromatic rings. The van der Waals surface area contributed by atoms with Gasteiger partial charge in [0, 0.05) is 37.1 Å². The number of likely N-dealkylation sites (tertiary alicyclic amines) is 1. The number of aryl methyl sites for hydroxylation is 1. The predicted octanol–water partition coefficient (Wildman–Crippen LogP) is 0.532. The van der Waals surface area contributed by atoms with Gasteiger partial charge in [0.25, 0.3) is 0 Å². The van der Waals surface area contributed by atoms with Crippen molar-refractivity contribution < 1.29 is 19.5 Å². The topological polar surface area (TPSA) is 162 Å². The van der Waals surface area contributed by atoms with E-state index in [-0.39, 0.29) is 36.3 Å². The van der Waals surface area contributed by atoms with E-state index in [0.29, 0.717) is 44.6 Å². The number of fused-ring (bicyclic) bond motifs is 1. The molecule has 2 aliphatic rings. The Kier molecular flexibility index (Phi) is 9.75. The Labute approximate surface area is 245 Å². The first-order chi connectivity index (χ1) is 20.4. The fourth-order valence-electron chi connectivity index (χ4n) is 5.74. The number of rotatable bonds is 11. The minimum absolute atomic E-state index is 0.113. The number of aromatic nitrogens is 1. The smallest absolute Gasteiger partial charge is 0.247 e. The molecule has 0 radical (unpaired) electrons. The molecule has 0 bridgehead atoms. The Morgan fingerprint density at radius 2 is 1.86 bits per heavy atom. The van der Waals surface area contributed by atoms with E-state index in [0.717, 1.165) is 17.3 Å². The van der Waals surface area contributed by atoms with Crippen molar-refractivity contribution in [1.29, 1.82) is 0 Å². The van der Waals surface area contributed by atoms with Crippen molar-refractivity contribution in [3.63, 3.8) is 0 Å². The predicted molar refractivity (Wildman–Crippen MR) is 160 cm³/mol. The van der Waals surface area contributed by atoms with E-state index in [1.807, 2.05) is 60.7 Å². The number of amides is 3. The summed E-state index contributed by atoms with van der Waals surface area (Å²) < 4.78 is 0. The first-order valence-corrected chi connectivity index (χ1v) is 14.5. The standard InChI is InChI=1S/C31H39N7O4/c32-15-29(40)36-23-13-27(35-17-23)31(42)38-19-24(33-18-25(39)11-10-20-6-2-1-3-7-20)14-28(38)30(41)37-22-12-21-8-4-5-9-26(21)34-16-22/h1-9,12,16,23-25,27-28,33,35,39H,10-11,13-15,17-19,32H2,(H,36,40)(H,37,41)/t23-,24-,25-,27+,28+/m1/s1. The van der Waals surface area contributed by atoms with Crippen LogP contribution in [0.15, 0.2) is 66.9 Å². The van der Waals surface area contributed by atoms with E-state index in [1.165, 1.54) is 5.56 Å². The monoisotopic (exact) mass is 573 g/mol. The van der Waals surface area contributed by atoms with E-state index in [2.05, 4.69) is 26.3 Å². The van der Waals surface area contributed by atoms with E-state index < -0.39 is 18.2 Å². The van der Waals surface area contributed by atoms with Crippen molar-refractivity contribution in [3.8, 4) is 0 Å². The number of pyridine rings is 1. The molecule has 0 spiro atoms. The van der Waals surface area contributed by atoms with Crippen LogP contribution in [0.1, 0.15) is 24.8 Å². The minimum Gasteiger partial charge on any atom is -0.392 e. The van der Waals surface area contributed by atoms with E-state index in [9.17, 15) is 19.5 Å². The van der Waals surface area contributed by atoms with Crippen molar-refractivity contribution >= 4 is 34.3 Å². The quantitative estimate of drug-likeness (QED) is 0.194. The van der Waals surface area contributed by atoms with E-state index in [4.69, 9.17) is 5.73 Å². The van der Waals surface area contributed by atoms with Gasteiger partial charge in [-0.15, -0.1) is 0 Å². The number of hydrogen-bond acceptors (Lipinski definition) is 8. The van der Waals surface area contributed by atoms with Crippen LogP contribution in [0.4, 0.5) is 5.69 Å². The Bertz CT molecular complexity index is 1390. The zero-order valence-electron chi connectivity index (χ0n) is 23.5. The first kappa shape index (κ1) is 29.6. The van der Waals surface area contributed by atoms with E-state index >= 15 is 0 Å². The maximum absolute atomic E-state index is 13.7. The van der Waals surface area contributed by atoms with Gasteiger partial charge in [-0.05, 0) is 43.4 Å². The Balaban J connectivity index is 1.23.